The maximum absolute atomic E-state index is 10.9. The summed E-state index contributed by atoms with van der Waals surface area (Å²) >= 11 is 0. The van der Waals surface area contributed by atoms with Crippen molar-refractivity contribution in [2.75, 3.05) is 0 Å². The Balaban J connectivity index is 1.89. The van der Waals surface area contributed by atoms with E-state index < -0.39 is 0 Å². The fourth-order valence-corrected chi connectivity index (χ4v) is 1.71. The molecule has 84 valence electrons. The molecule has 1 aromatic heterocycles. The molecule has 2 rings (SSSR count). The Morgan fingerprint density at radius 3 is 2.44 bits per heavy atom. The van der Waals surface area contributed by atoms with Gasteiger partial charge in [-0.05, 0) is 24.8 Å². The van der Waals surface area contributed by atoms with E-state index >= 15 is 0 Å². The summed E-state index contributed by atoms with van der Waals surface area (Å²) in [6.45, 7) is 0. The minimum Gasteiger partial charge on any atom is -0.493 e. The number of nitrogens with one attached hydrogen (secondary N) is 2. The number of aromatic amines is 2. The molecule has 1 heterocycles. The molecule has 0 saturated heterocycles. The van der Waals surface area contributed by atoms with Gasteiger partial charge in [-0.15, -0.1) is 0 Å². The third kappa shape index (κ3) is 2.53. The van der Waals surface area contributed by atoms with Crippen molar-refractivity contribution in [1.82, 2.24) is 9.97 Å². The lowest BCUT2D eigenvalue weighted by atomic mass is 10.1. The highest BCUT2D eigenvalue weighted by atomic mass is 16.3. The maximum Gasteiger partial charge on any atom is 0.325 e. The van der Waals surface area contributed by atoms with Crippen molar-refractivity contribution >= 4 is 0 Å². The Kier molecular flexibility index (Phi) is 3.10. The third-order valence-corrected chi connectivity index (χ3v) is 2.52. The number of hydrogen-bond donors (Lipinski definition) is 3. The van der Waals surface area contributed by atoms with Gasteiger partial charge in [0.15, 0.2) is 0 Å². The minimum atomic E-state index is -0.354. The molecule has 0 saturated carbocycles. The number of aromatic hydroxyl groups is 1. The Morgan fingerprint density at radius 2 is 1.81 bits per heavy atom. The predicted molar refractivity (Wildman–Crippen MR) is 61.5 cm³/mol. The molecule has 0 spiro atoms. The highest BCUT2D eigenvalue weighted by Gasteiger charge is 2.04. The lowest BCUT2D eigenvalue weighted by molar-refractivity contribution is 0.447. The van der Waals surface area contributed by atoms with E-state index in [1.54, 1.807) is 0 Å². The molecule has 2 aromatic rings. The molecular formula is C12H14N2O2. The van der Waals surface area contributed by atoms with Crippen LogP contribution < -0.4 is 5.69 Å². The molecule has 0 unspecified atom stereocenters. The molecule has 0 aliphatic rings. The van der Waals surface area contributed by atoms with Gasteiger partial charge in [0.05, 0.1) is 5.69 Å². The van der Waals surface area contributed by atoms with Crippen molar-refractivity contribution in [3.63, 3.8) is 0 Å². The van der Waals surface area contributed by atoms with E-state index in [0.717, 1.165) is 12.8 Å². The maximum atomic E-state index is 10.9. The molecule has 16 heavy (non-hydrogen) atoms. The van der Waals surface area contributed by atoms with E-state index in [1.165, 1.54) is 5.56 Å². The number of H-pyrrole nitrogens is 2. The van der Waals surface area contributed by atoms with E-state index in [1.807, 2.05) is 18.2 Å². The smallest absolute Gasteiger partial charge is 0.325 e. The van der Waals surface area contributed by atoms with Crippen LogP contribution in [0.1, 0.15) is 17.7 Å². The van der Waals surface area contributed by atoms with Crippen LogP contribution in [0.25, 0.3) is 0 Å². The van der Waals surface area contributed by atoms with Crippen LogP contribution >= 0.6 is 0 Å². The van der Waals surface area contributed by atoms with Crippen LogP contribution in [0, 0.1) is 0 Å². The van der Waals surface area contributed by atoms with Gasteiger partial charge in [-0.25, -0.2) is 4.79 Å². The fourth-order valence-electron chi connectivity index (χ4n) is 1.71. The SMILES string of the molecule is O=c1[nH]c(O)c(CCCc2ccccc2)[nH]1. The molecule has 3 N–H and O–H groups in total. The molecule has 0 bridgehead atoms. The molecule has 0 radical (unpaired) electrons. The van der Waals surface area contributed by atoms with Gasteiger partial charge < -0.3 is 10.1 Å². The lowest BCUT2D eigenvalue weighted by Gasteiger charge is -2.00. The highest BCUT2D eigenvalue weighted by Crippen LogP contribution is 2.11. The lowest BCUT2D eigenvalue weighted by Crippen LogP contribution is -2.01. The average molecular weight is 218 g/mol. The summed E-state index contributed by atoms with van der Waals surface area (Å²) in [7, 11) is 0. The zero-order valence-corrected chi connectivity index (χ0v) is 8.86. The number of imidazole rings is 1. The summed E-state index contributed by atoms with van der Waals surface area (Å²) in [6, 6.07) is 10.1. The van der Waals surface area contributed by atoms with Crippen molar-refractivity contribution in [2.24, 2.45) is 0 Å². The second-order valence-corrected chi connectivity index (χ2v) is 3.75. The first kappa shape index (κ1) is 10.5. The Hall–Kier alpha value is -1.97. The summed E-state index contributed by atoms with van der Waals surface area (Å²) in [6.07, 6.45) is 2.50. The summed E-state index contributed by atoms with van der Waals surface area (Å²) < 4.78 is 0. The second kappa shape index (κ2) is 4.70. The standard InChI is InChI=1S/C12H14N2O2/c15-11-10(13-12(16)14-11)8-4-7-9-5-2-1-3-6-9/h1-3,5-6,15H,4,7-8H2,(H2,13,14,16). The first-order valence-electron chi connectivity index (χ1n) is 5.30. The largest absolute Gasteiger partial charge is 0.493 e. The van der Waals surface area contributed by atoms with Crippen molar-refractivity contribution in [3.8, 4) is 5.88 Å². The Labute approximate surface area is 93.0 Å². The fraction of sp³-hybridized carbons (Fsp3) is 0.250. The van der Waals surface area contributed by atoms with Crippen molar-refractivity contribution in [1.29, 1.82) is 0 Å². The van der Waals surface area contributed by atoms with E-state index in [9.17, 15) is 9.90 Å². The van der Waals surface area contributed by atoms with Crippen LogP contribution in [-0.4, -0.2) is 15.1 Å². The van der Waals surface area contributed by atoms with Gasteiger partial charge in [0.1, 0.15) is 0 Å². The number of rotatable bonds is 4. The van der Waals surface area contributed by atoms with Gasteiger partial charge in [-0.2, -0.15) is 0 Å². The predicted octanol–water partition coefficient (Wildman–Crippen LogP) is 1.58. The third-order valence-electron chi connectivity index (χ3n) is 2.52. The molecular weight excluding hydrogens is 204 g/mol. The van der Waals surface area contributed by atoms with Crippen molar-refractivity contribution in [2.45, 2.75) is 19.3 Å². The molecule has 0 amide bonds. The first-order valence-corrected chi connectivity index (χ1v) is 5.30. The molecule has 0 aliphatic carbocycles. The van der Waals surface area contributed by atoms with Crippen LogP contribution in [0.4, 0.5) is 0 Å². The van der Waals surface area contributed by atoms with Crippen LogP contribution in [0.15, 0.2) is 35.1 Å². The molecule has 0 fully saturated rings. The molecule has 0 atom stereocenters. The van der Waals surface area contributed by atoms with Crippen molar-refractivity contribution in [3.05, 3.63) is 52.1 Å². The highest BCUT2D eigenvalue weighted by molar-refractivity contribution is 5.17. The van der Waals surface area contributed by atoms with Crippen LogP contribution in [0.2, 0.25) is 0 Å². The summed E-state index contributed by atoms with van der Waals surface area (Å²) in [5, 5.41) is 9.34. The first-order chi connectivity index (χ1) is 7.75. The summed E-state index contributed by atoms with van der Waals surface area (Å²) in [5.41, 5.74) is 1.49. The number of aryl methyl sites for hydroxylation is 2. The normalized spacial score (nSPS) is 10.5. The number of hydrogen-bond acceptors (Lipinski definition) is 2. The minimum absolute atomic E-state index is 0.0435. The monoisotopic (exact) mass is 218 g/mol. The Morgan fingerprint density at radius 1 is 1.06 bits per heavy atom. The van der Waals surface area contributed by atoms with Gasteiger partial charge in [0, 0.05) is 0 Å². The average Bonchev–Trinajstić information content (AvgIpc) is 2.59. The molecule has 4 heteroatoms. The topological polar surface area (TPSA) is 68.9 Å². The van der Waals surface area contributed by atoms with Gasteiger partial charge >= 0.3 is 5.69 Å². The molecule has 1 aromatic carbocycles. The van der Waals surface area contributed by atoms with Gasteiger partial charge in [-0.3, -0.25) is 4.98 Å². The van der Waals surface area contributed by atoms with Crippen LogP contribution in [0.3, 0.4) is 0 Å². The van der Waals surface area contributed by atoms with Crippen LogP contribution in [-0.2, 0) is 12.8 Å². The summed E-state index contributed by atoms with van der Waals surface area (Å²) in [4.78, 5) is 15.7. The molecule has 0 aliphatic heterocycles. The summed E-state index contributed by atoms with van der Waals surface area (Å²) in [5.74, 6) is -0.0435. The zero-order chi connectivity index (χ0) is 11.4. The van der Waals surface area contributed by atoms with Gasteiger partial charge in [0.25, 0.3) is 0 Å². The van der Waals surface area contributed by atoms with Gasteiger partial charge in [-0.1, -0.05) is 30.3 Å². The number of aromatic nitrogens is 2. The van der Waals surface area contributed by atoms with Gasteiger partial charge in [0.2, 0.25) is 5.88 Å². The second-order valence-electron chi connectivity index (χ2n) is 3.75. The van der Waals surface area contributed by atoms with Crippen molar-refractivity contribution < 1.29 is 5.11 Å². The van der Waals surface area contributed by atoms with E-state index in [2.05, 4.69) is 22.1 Å². The number of benzene rings is 1. The Bertz CT molecular complexity index is 499. The molecule has 4 nitrogen and oxygen atoms in total. The van der Waals surface area contributed by atoms with E-state index in [4.69, 9.17) is 0 Å². The van der Waals surface area contributed by atoms with Crippen LogP contribution in [0.5, 0.6) is 5.88 Å². The van der Waals surface area contributed by atoms with E-state index in [0.29, 0.717) is 12.1 Å². The van der Waals surface area contributed by atoms with E-state index in [-0.39, 0.29) is 11.6 Å². The quantitative estimate of drug-likeness (QED) is 0.729. The zero-order valence-electron chi connectivity index (χ0n) is 8.86.